The summed E-state index contributed by atoms with van der Waals surface area (Å²) in [7, 11) is 0. The number of ether oxygens (including phenoxy) is 2. The number of anilines is 1. The summed E-state index contributed by atoms with van der Waals surface area (Å²) >= 11 is 3.50. The molecule has 0 bridgehead atoms. The Labute approximate surface area is 135 Å². The van der Waals surface area contributed by atoms with Gasteiger partial charge in [0.1, 0.15) is 0 Å². The van der Waals surface area contributed by atoms with Crippen molar-refractivity contribution in [2.45, 2.75) is 6.42 Å². The number of carbonyl (C=O) groups excluding carboxylic acids is 1. The van der Waals surface area contributed by atoms with E-state index in [0.717, 1.165) is 27.0 Å². The fourth-order valence-corrected chi connectivity index (χ4v) is 2.94. The summed E-state index contributed by atoms with van der Waals surface area (Å²) in [6, 6.07) is 9.42. The number of nitrogens with one attached hydrogen (secondary N) is 1. The van der Waals surface area contributed by atoms with E-state index in [4.69, 9.17) is 9.47 Å². The Bertz CT molecular complexity index is 817. The summed E-state index contributed by atoms with van der Waals surface area (Å²) in [5.41, 5.74) is 3.46. The van der Waals surface area contributed by atoms with Gasteiger partial charge >= 0.3 is 0 Å². The van der Waals surface area contributed by atoms with Gasteiger partial charge in [-0.2, -0.15) is 0 Å². The standard InChI is InChI=1S/C16H11BrN2O3/c17-12-2-4-14-16(22-8-21-14)11(12)7-18-10-1-3-13-9(5-10)6-15(20)19-13/h1-5,7H,6,8H2,(H,19,20). The Morgan fingerprint density at radius 3 is 3.05 bits per heavy atom. The zero-order chi connectivity index (χ0) is 15.1. The molecule has 0 saturated carbocycles. The molecule has 6 heteroatoms. The second kappa shape index (κ2) is 5.14. The van der Waals surface area contributed by atoms with Gasteiger partial charge in [0.15, 0.2) is 11.5 Å². The van der Waals surface area contributed by atoms with Crippen molar-refractivity contribution in [1.82, 2.24) is 0 Å². The molecule has 22 heavy (non-hydrogen) atoms. The zero-order valence-corrected chi connectivity index (χ0v) is 13.0. The molecule has 2 aromatic carbocycles. The minimum atomic E-state index is 0.0188. The lowest BCUT2D eigenvalue weighted by atomic mass is 10.1. The summed E-state index contributed by atoms with van der Waals surface area (Å²) in [5, 5.41) is 2.81. The summed E-state index contributed by atoms with van der Waals surface area (Å²) in [6.07, 6.45) is 2.14. The molecule has 0 aliphatic carbocycles. The Kier molecular flexibility index (Phi) is 3.11. The molecule has 1 N–H and O–H groups in total. The van der Waals surface area contributed by atoms with E-state index >= 15 is 0 Å². The van der Waals surface area contributed by atoms with Crippen LogP contribution in [-0.4, -0.2) is 18.9 Å². The van der Waals surface area contributed by atoms with E-state index in [9.17, 15) is 4.79 Å². The Balaban J connectivity index is 1.67. The highest BCUT2D eigenvalue weighted by Gasteiger charge is 2.19. The molecule has 0 atom stereocenters. The lowest BCUT2D eigenvalue weighted by Gasteiger charge is -2.04. The highest BCUT2D eigenvalue weighted by molar-refractivity contribution is 9.10. The number of benzene rings is 2. The SMILES string of the molecule is O=C1Cc2cc(N=Cc3c(Br)ccc4c3OCO4)ccc2N1. The van der Waals surface area contributed by atoms with Crippen LogP contribution in [-0.2, 0) is 11.2 Å². The molecular weight excluding hydrogens is 348 g/mol. The van der Waals surface area contributed by atoms with E-state index in [2.05, 4.69) is 26.2 Å². The van der Waals surface area contributed by atoms with E-state index in [1.165, 1.54) is 0 Å². The fourth-order valence-electron chi connectivity index (χ4n) is 2.53. The van der Waals surface area contributed by atoms with Crippen molar-refractivity contribution < 1.29 is 14.3 Å². The molecule has 110 valence electrons. The average molecular weight is 359 g/mol. The van der Waals surface area contributed by atoms with E-state index in [0.29, 0.717) is 17.9 Å². The van der Waals surface area contributed by atoms with Crippen LogP contribution in [0, 0.1) is 0 Å². The quantitative estimate of drug-likeness (QED) is 0.836. The molecule has 2 aromatic rings. The number of amides is 1. The predicted octanol–water partition coefficient (Wildman–Crippen LogP) is 3.42. The van der Waals surface area contributed by atoms with E-state index in [1.807, 2.05) is 30.3 Å². The van der Waals surface area contributed by atoms with Gasteiger partial charge in [-0.05, 0) is 51.8 Å². The molecule has 5 nitrogen and oxygen atoms in total. The monoisotopic (exact) mass is 358 g/mol. The molecule has 0 aromatic heterocycles. The molecule has 2 heterocycles. The van der Waals surface area contributed by atoms with Crippen LogP contribution >= 0.6 is 15.9 Å². The van der Waals surface area contributed by atoms with Crippen molar-refractivity contribution in [1.29, 1.82) is 0 Å². The summed E-state index contributed by atoms with van der Waals surface area (Å²) < 4.78 is 11.7. The van der Waals surface area contributed by atoms with Gasteiger partial charge in [0.25, 0.3) is 0 Å². The van der Waals surface area contributed by atoms with Gasteiger partial charge < -0.3 is 14.8 Å². The number of carbonyl (C=O) groups is 1. The molecule has 2 aliphatic rings. The summed E-state index contributed by atoms with van der Waals surface area (Å²) in [6.45, 7) is 0.221. The minimum absolute atomic E-state index is 0.0188. The number of rotatable bonds is 2. The van der Waals surface area contributed by atoms with Gasteiger partial charge in [0.2, 0.25) is 12.7 Å². The van der Waals surface area contributed by atoms with Gasteiger partial charge in [-0.15, -0.1) is 0 Å². The number of nitrogens with zero attached hydrogens (tertiary/aromatic N) is 1. The highest BCUT2D eigenvalue weighted by atomic mass is 79.9. The maximum absolute atomic E-state index is 11.4. The minimum Gasteiger partial charge on any atom is -0.454 e. The third-order valence-corrected chi connectivity index (χ3v) is 4.27. The largest absolute Gasteiger partial charge is 0.454 e. The van der Waals surface area contributed by atoms with Crippen molar-refractivity contribution >= 4 is 39.4 Å². The lowest BCUT2D eigenvalue weighted by molar-refractivity contribution is -0.115. The zero-order valence-electron chi connectivity index (χ0n) is 11.4. The van der Waals surface area contributed by atoms with Crippen LogP contribution in [0.1, 0.15) is 11.1 Å². The third-order valence-electron chi connectivity index (χ3n) is 3.58. The van der Waals surface area contributed by atoms with Crippen LogP contribution in [0.4, 0.5) is 11.4 Å². The van der Waals surface area contributed by atoms with Crippen LogP contribution in [0.25, 0.3) is 0 Å². The van der Waals surface area contributed by atoms with Crippen LogP contribution in [0.15, 0.2) is 39.8 Å². The van der Waals surface area contributed by atoms with E-state index in [-0.39, 0.29) is 12.7 Å². The third kappa shape index (κ3) is 2.25. The number of hydrogen-bond acceptors (Lipinski definition) is 4. The number of fused-ring (bicyclic) bond motifs is 2. The molecule has 0 saturated heterocycles. The first-order chi connectivity index (χ1) is 10.7. The van der Waals surface area contributed by atoms with Crippen LogP contribution in [0.5, 0.6) is 11.5 Å². The predicted molar refractivity (Wildman–Crippen MR) is 86.3 cm³/mol. The summed E-state index contributed by atoms with van der Waals surface area (Å²) in [4.78, 5) is 15.9. The topological polar surface area (TPSA) is 59.9 Å². The molecule has 0 fully saturated rings. The highest BCUT2D eigenvalue weighted by Crippen LogP contribution is 2.38. The number of aliphatic imine (C=N–C) groups is 1. The van der Waals surface area contributed by atoms with Crippen molar-refractivity contribution in [2.75, 3.05) is 12.1 Å². The smallest absolute Gasteiger partial charge is 0.231 e. The van der Waals surface area contributed by atoms with Gasteiger partial charge in [0.05, 0.1) is 17.7 Å². The van der Waals surface area contributed by atoms with Gasteiger partial charge in [0, 0.05) is 16.4 Å². The average Bonchev–Trinajstić information content (AvgIpc) is 3.10. The maximum Gasteiger partial charge on any atom is 0.231 e. The van der Waals surface area contributed by atoms with Crippen molar-refractivity contribution in [2.24, 2.45) is 4.99 Å². The van der Waals surface area contributed by atoms with Gasteiger partial charge in [-0.25, -0.2) is 0 Å². The Morgan fingerprint density at radius 1 is 1.23 bits per heavy atom. The first kappa shape index (κ1) is 13.3. The normalized spacial score (nSPS) is 15.2. The number of hydrogen-bond donors (Lipinski definition) is 1. The second-order valence-corrected chi connectivity index (χ2v) is 5.87. The number of halogens is 1. The van der Waals surface area contributed by atoms with Crippen molar-refractivity contribution in [3.8, 4) is 11.5 Å². The van der Waals surface area contributed by atoms with Gasteiger partial charge in [-0.3, -0.25) is 9.79 Å². The Hall–Kier alpha value is -2.34. The molecule has 0 unspecified atom stereocenters. The van der Waals surface area contributed by atoms with Crippen molar-refractivity contribution in [3.05, 3.63) is 45.9 Å². The maximum atomic E-state index is 11.4. The first-order valence-electron chi connectivity index (χ1n) is 6.76. The first-order valence-corrected chi connectivity index (χ1v) is 7.55. The molecule has 4 rings (SSSR count). The van der Waals surface area contributed by atoms with E-state index in [1.54, 1.807) is 6.21 Å². The molecular formula is C16H11BrN2O3. The van der Waals surface area contributed by atoms with E-state index < -0.39 is 0 Å². The summed E-state index contributed by atoms with van der Waals surface area (Å²) in [5.74, 6) is 1.43. The molecule has 1 amide bonds. The van der Waals surface area contributed by atoms with Crippen LogP contribution < -0.4 is 14.8 Å². The van der Waals surface area contributed by atoms with Crippen LogP contribution in [0.3, 0.4) is 0 Å². The Morgan fingerprint density at radius 2 is 2.14 bits per heavy atom. The molecule has 0 radical (unpaired) electrons. The van der Waals surface area contributed by atoms with Crippen LogP contribution in [0.2, 0.25) is 0 Å². The molecule has 0 spiro atoms. The second-order valence-electron chi connectivity index (χ2n) is 5.02. The van der Waals surface area contributed by atoms with Gasteiger partial charge in [-0.1, -0.05) is 0 Å². The fraction of sp³-hybridized carbons (Fsp3) is 0.125. The lowest BCUT2D eigenvalue weighted by Crippen LogP contribution is -2.03. The molecule has 2 aliphatic heterocycles. The van der Waals surface area contributed by atoms with Crippen molar-refractivity contribution in [3.63, 3.8) is 0 Å².